The van der Waals surface area contributed by atoms with Gasteiger partial charge in [-0.15, -0.1) is 0 Å². The van der Waals surface area contributed by atoms with Gasteiger partial charge in [-0.25, -0.2) is 9.78 Å². The molecule has 28 heavy (non-hydrogen) atoms. The van der Waals surface area contributed by atoms with Gasteiger partial charge in [-0.2, -0.15) is 0 Å². The molecule has 0 amide bonds. The lowest BCUT2D eigenvalue weighted by atomic mass is 10.1. The fraction of sp³-hybridized carbons (Fsp3) is 0.273. The van der Waals surface area contributed by atoms with E-state index in [9.17, 15) is 4.79 Å². The zero-order valence-corrected chi connectivity index (χ0v) is 15.8. The Morgan fingerprint density at radius 3 is 2.86 bits per heavy atom. The summed E-state index contributed by atoms with van der Waals surface area (Å²) in [7, 11) is 2.16. The number of benzene rings is 1. The first-order valence-corrected chi connectivity index (χ1v) is 9.63. The summed E-state index contributed by atoms with van der Waals surface area (Å²) in [5.41, 5.74) is 3.28. The van der Waals surface area contributed by atoms with Crippen LogP contribution in [0.15, 0.2) is 64.1 Å². The summed E-state index contributed by atoms with van der Waals surface area (Å²) in [6.45, 7) is 4.14. The summed E-state index contributed by atoms with van der Waals surface area (Å²) in [4.78, 5) is 21.9. The maximum atomic E-state index is 12.7. The number of aromatic nitrogens is 2. The third-order valence-electron chi connectivity index (χ3n) is 5.44. The van der Waals surface area contributed by atoms with Crippen molar-refractivity contribution < 1.29 is 4.42 Å². The Morgan fingerprint density at radius 2 is 1.96 bits per heavy atom. The molecule has 4 heterocycles. The van der Waals surface area contributed by atoms with E-state index in [4.69, 9.17) is 4.42 Å². The van der Waals surface area contributed by atoms with Gasteiger partial charge in [0.1, 0.15) is 11.2 Å². The van der Waals surface area contributed by atoms with Crippen molar-refractivity contribution in [3.05, 3.63) is 65.3 Å². The van der Waals surface area contributed by atoms with E-state index in [0.29, 0.717) is 16.8 Å². The molecule has 3 aromatic heterocycles. The van der Waals surface area contributed by atoms with Crippen LogP contribution < -0.4 is 10.5 Å². The quantitative estimate of drug-likeness (QED) is 0.504. The van der Waals surface area contributed by atoms with E-state index in [-0.39, 0.29) is 5.63 Å². The molecule has 0 atom stereocenters. The number of imidazole rings is 1. The van der Waals surface area contributed by atoms with Crippen LogP contribution in [0.3, 0.4) is 0 Å². The van der Waals surface area contributed by atoms with E-state index < -0.39 is 0 Å². The topological polar surface area (TPSA) is 54.0 Å². The first-order chi connectivity index (χ1) is 13.7. The molecule has 0 bridgehead atoms. The minimum Gasteiger partial charge on any atom is -0.422 e. The van der Waals surface area contributed by atoms with Gasteiger partial charge in [0.15, 0.2) is 0 Å². The van der Waals surface area contributed by atoms with Gasteiger partial charge in [-0.05, 0) is 50.3 Å². The van der Waals surface area contributed by atoms with Gasteiger partial charge in [0.2, 0.25) is 0 Å². The second-order valence-electron chi connectivity index (χ2n) is 7.41. The van der Waals surface area contributed by atoms with Gasteiger partial charge < -0.3 is 18.6 Å². The largest absolute Gasteiger partial charge is 0.422 e. The molecular weight excluding hydrogens is 352 g/mol. The van der Waals surface area contributed by atoms with Crippen molar-refractivity contribution in [3.63, 3.8) is 0 Å². The molecule has 142 valence electrons. The summed E-state index contributed by atoms with van der Waals surface area (Å²) in [6.07, 6.45) is 4.90. The molecule has 0 radical (unpaired) electrons. The third kappa shape index (κ3) is 3.05. The highest BCUT2D eigenvalue weighted by atomic mass is 16.4. The second kappa shape index (κ2) is 6.80. The van der Waals surface area contributed by atoms with Crippen molar-refractivity contribution in [2.24, 2.45) is 0 Å². The average Bonchev–Trinajstić information content (AvgIpc) is 3.01. The Kier molecular flexibility index (Phi) is 4.13. The van der Waals surface area contributed by atoms with E-state index in [0.717, 1.165) is 49.3 Å². The lowest BCUT2D eigenvalue weighted by Gasteiger charge is -2.22. The molecule has 1 aliphatic heterocycles. The number of fused-ring (bicyclic) bond motifs is 2. The van der Waals surface area contributed by atoms with Crippen molar-refractivity contribution in [3.8, 4) is 11.3 Å². The van der Waals surface area contributed by atoms with E-state index >= 15 is 0 Å². The van der Waals surface area contributed by atoms with Crippen LogP contribution in [0.2, 0.25) is 0 Å². The van der Waals surface area contributed by atoms with Gasteiger partial charge in [0.25, 0.3) is 0 Å². The highest BCUT2D eigenvalue weighted by Crippen LogP contribution is 2.25. The third-order valence-corrected chi connectivity index (χ3v) is 5.44. The average molecular weight is 374 g/mol. The number of anilines is 1. The zero-order valence-electron chi connectivity index (χ0n) is 15.8. The summed E-state index contributed by atoms with van der Waals surface area (Å²) < 4.78 is 7.59. The molecule has 1 saturated heterocycles. The van der Waals surface area contributed by atoms with Crippen LogP contribution in [0.4, 0.5) is 5.69 Å². The highest BCUT2D eigenvalue weighted by Gasteiger charge is 2.15. The Bertz CT molecular complexity index is 1180. The van der Waals surface area contributed by atoms with E-state index in [1.165, 1.54) is 0 Å². The van der Waals surface area contributed by atoms with Gasteiger partial charge >= 0.3 is 5.63 Å². The van der Waals surface area contributed by atoms with Crippen LogP contribution in [0.5, 0.6) is 0 Å². The predicted octanol–water partition coefficient (Wildman–Crippen LogP) is 3.25. The Hall–Kier alpha value is -3.12. The van der Waals surface area contributed by atoms with Crippen LogP contribution in [-0.4, -0.2) is 47.5 Å². The number of nitrogens with zero attached hydrogens (tertiary/aromatic N) is 4. The molecule has 5 rings (SSSR count). The smallest absolute Gasteiger partial charge is 0.345 e. The SMILES string of the molecule is CN1CCCN(c2ccc3cc(-c4cn5ccccc5n4)c(=O)oc3c2)CC1. The predicted molar refractivity (Wildman–Crippen MR) is 111 cm³/mol. The summed E-state index contributed by atoms with van der Waals surface area (Å²) in [6, 6.07) is 13.8. The molecular formula is C22H22N4O2. The Morgan fingerprint density at radius 1 is 1.04 bits per heavy atom. The van der Waals surface area contributed by atoms with Crippen LogP contribution in [0, 0.1) is 0 Å². The van der Waals surface area contributed by atoms with Crippen molar-refractivity contribution in [2.45, 2.75) is 6.42 Å². The van der Waals surface area contributed by atoms with Crippen LogP contribution in [0.25, 0.3) is 27.9 Å². The molecule has 0 saturated carbocycles. The molecule has 0 aliphatic carbocycles. The molecule has 6 nitrogen and oxygen atoms in total. The molecule has 0 unspecified atom stereocenters. The molecule has 0 N–H and O–H groups in total. The number of likely N-dealkylation sites (N-methyl/N-ethyl adjacent to an activating group) is 1. The minimum absolute atomic E-state index is 0.358. The fourth-order valence-electron chi connectivity index (χ4n) is 3.84. The molecule has 0 spiro atoms. The number of hydrogen-bond acceptors (Lipinski definition) is 5. The van der Waals surface area contributed by atoms with Crippen LogP contribution in [-0.2, 0) is 0 Å². The molecule has 1 fully saturated rings. The molecule has 1 aliphatic rings. The molecule has 6 heteroatoms. The van der Waals surface area contributed by atoms with Crippen molar-refractivity contribution in [1.82, 2.24) is 14.3 Å². The Labute approximate surface area is 162 Å². The summed E-state index contributed by atoms with van der Waals surface area (Å²) >= 11 is 0. The van der Waals surface area contributed by atoms with E-state index in [1.807, 2.05) is 53.2 Å². The minimum atomic E-state index is -0.358. The van der Waals surface area contributed by atoms with Gasteiger partial charge in [0, 0.05) is 49.2 Å². The lowest BCUT2D eigenvalue weighted by molar-refractivity contribution is 0.360. The van der Waals surface area contributed by atoms with Gasteiger partial charge in [-0.1, -0.05) is 6.07 Å². The standard InChI is InChI=1S/C22H22N4O2/c1-24-8-4-10-25(12-11-24)17-7-6-16-13-18(22(27)28-20(16)14-17)19-15-26-9-3-2-5-21(26)23-19/h2-3,5-7,9,13-15H,4,8,10-12H2,1H3. The monoisotopic (exact) mass is 374 g/mol. The lowest BCUT2D eigenvalue weighted by Crippen LogP contribution is -2.28. The summed E-state index contributed by atoms with van der Waals surface area (Å²) in [5.74, 6) is 0. The number of hydrogen-bond donors (Lipinski definition) is 0. The highest BCUT2D eigenvalue weighted by molar-refractivity contribution is 5.84. The normalized spacial score (nSPS) is 16.0. The molecule has 1 aromatic carbocycles. The maximum absolute atomic E-state index is 12.7. The van der Waals surface area contributed by atoms with Gasteiger partial charge in [0.05, 0.1) is 11.3 Å². The van der Waals surface area contributed by atoms with Crippen LogP contribution >= 0.6 is 0 Å². The van der Waals surface area contributed by atoms with Crippen LogP contribution in [0.1, 0.15) is 6.42 Å². The van der Waals surface area contributed by atoms with Crippen molar-refractivity contribution >= 4 is 22.3 Å². The second-order valence-corrected chi connectivity index (χ2v) is 7.41. The summed E-state index contributed by atoms with van der Waals surface area (Å²) in [5, 5.41) is 0.905. The van der Waals surface area contributed by atoms with Gasteiger partial charge in [-0.3, -0.25) is 0 Å². The maximum Gasteiger partial charge on any atom is 0.345 e. The Balaban J connectivity index is 1.53. The fourth-order valence-corrected chi connectivity index (χ4v) is 3.84. The first kappa shape index (κ1) is 17.0. The first-order valence-electron chi connectivity index (χ1n) is 9.63. The van der Waals surface area contributed by atoms with E-state index in [1.54, 1.807) is 0 Å². The zero-order chi connectivity index (χ0) is 19.1. The molecule has 4 aromatic rings. The van der Waals surface area contributed by atoms with E-state index in [2.05, 4.69) is 27.9 Å². The van der Waals surface area contributed by atoms with Crippen molar-refractivity contribution in [2.75, 3.05) is 38.1 Å². The number of pyridine rings is 1. The van der Waals surface area contributed by atoms with Crippen molar-refractivity contribution in [1.29, 1.82) is 0 Å². The number of rotatable bonds is 2.